The molecule has 1 aliphatic rings. The standard InChI is InChI=1S/C18H24N4O3/c1-3-22(18(23)20-14(2)11-21-7-6-19-13-21)12-15-4-5-16-17(10-15)25-9-8-24-16/h4-7,10,13-14H,3,8-9,11-12H2,1-2H3,(H,20,23). The molecule has 25 heavy (non-hydrogen) atoms. The number of rotatable bonds is 6. The number of hydrogen-bond donors (Lipinski definition) is 1. The fourth-order valence-electron chi connectivity index (χ4n) is 2.79. The van der Waals surface area contributed by atoms with Crippen LogP contribution in [-0.2, 0) is 13.1 Å². The molecular formula is C18H24N4O3. The molecule has 0 fully saturated rings. The number of benzene rings is 1. The van der Waals surface area contributed by atoms with Crippen LogP contribution in [0.5, 0.6) is 11.5 Å². The lowest BCUT2D eigenvalue weighted by Gasteiger charge is -2.25. The lowest BCUT2D eigenvalue weighted by atomic mass is 10.2. The molecule has 0 spiro atoms. The zero-order valence-electron chi connectivity index (χ0n) is 14.6. The normalized spacial score (nSPS) is 14.0. The van der Waals surface area contributed by atoms with E-state index in [0.29, 0.717) is 32.8 Å². The van der Waals surface area contributed by atoms with Crippen molar-refractivity contribution < 1.29 is 14.3 Å². The highest BCUT2D eigenvalue weighted by atomic mass is 16.6. The van der Waals surface area contributed by atoms with E-state index in [0.717, 1.165) is 17.1 Å². The highest BCUT2D eigenvalue weighted by Crippen LogP contribution is 2.31. The van der Waals surface area contributed by atoms with Gasteiger partial charge in [-0.05, 0) is 31.5 Å². The average Bonchev–Trinajstić information content (AvgIpc) is 3.12. The van der Waals surface area contributed by atoms with Crippen molar-refractivity contribution in [3.63, 3.8) is 0 Å². The van der Waals surface area contributed by atoms with Gasteiger partial charge >= 0.3 is 6.03 Å². The summed E-state index contributed by atoms with van der Waals surface area (Å²) in [5.74, 6) is 1.50. The van der Waals surface area contributed by atoms with Gasteiger partial charge in [0.15, 0.2) is 11.5 Å². The van der Waals surface area contributed by atoms with E-state index in [4.69, 9.17) is 9.47 Å². The quantitative estimate of drug-likeness (QED) is 0.873. The maximum atomic E-state index is 12.5. The van der Waals surface area contributed by atoms with E-state index >= 15 is 0 Å². The summed E-state index contributed by atoms with van der Waals surface area (Å²) in [5.41, 5.74) is 1.02. The molecule has 134 valence electrons. The van der Waals surface area contributed by atoms with Crippen LogP contribution in [-0.4, -0.2) is 46.3 Å². The van der Waals surface area contributed by atoms with E-state index in [1.54, 1.807) is 17.4 Å². The predicted molar refractivity (Wildman–Crippen MR) is 93.7 cm³/mol. The second kappa shape index (κ2) is 7.92. The number of carbonyl (C=O) groups excluding carboxylic acids is 1. The summed E-state index contributed by atoms with van der Waals surface area (Å²) in [6.07, 6.45) is 5.36. The molecule has 2 heterocycles. The summed E-state index contributed by atoms with van der Waals surface area (Å²) in [6, 6.07) is 5.75. The molecule has 1 N–H and O–H groups in total. The molecule has 0 saturated heterocycles. The van der Waals surface area contributed by atoms with Crippen molar-refractivity contribution in [2.75, 3.05) is 19.8 Å². The van der Waals surface area contributed by atoms with Crippen molar-refractivity contribution in [2.24, 2.45) is 0 Å². The first kappa shape index (κ1) is 17.1. The summed E-state index contributed by atoms with van der Waals surface area (Å²) in [4.78, 5) is 18.3. The fraction of sp³-hybridized carbons (Fsp3) is 0.444. The number of fused-ring (bicyclic) bond motifs is 1. The van der Waals surface area contributed by atoms with E-state index < -0.39 is 0 Å². The number of ether oxygens (including phenoxy) is 2. The molecule has 0 bridgehead atoms. The predicted octanol–water partition coefficient (Wildman–Crippen LogP) is 2.27. The van der Waals surface area contributed by atoms with E-state index in [9.17, 15) is 4.79 Å². The van der Waals surface area contributed by atoms with Crippen molar-refractivity contribution in [3.05, 3.63) is 42.5 Å². The van der Waals surface area contributed by atoms with E-state index in [2.05, 4.69) is 10.3 Å². The van der Waals surface area contributed by atoms with Gasteiger partial charge in [0.25, 0.3) is 0 Å². The number of hydrogen-bond acceptors (Lipinski definition) is 4. The monoisotopic (exact) mass is 344 g/mol. The summed E-state index contributed by atoms with van der Waals surface area (Å²) >= 11 is 0. The van der Waals surface area contributed by atoms with Crippen molar-refractivity contribution in [1.82, 2.24) is 19.8 Å². The first-order valence-corrected chi connectivity index (χ1v) is 8.55. The second-order valence-electron chi connectivity index (χ2n) is 6.10. The summed E-state index contributed by atoms with van der Waals surface area (Å²) in [7, 11) is 0. The summed E-state index contributed by atoms with van der Waals surface area (Å²) in [6.45, 7) is 6.92. The van der Waals surface area contributed by atoms with Gasteiger partial charge in [-0.2, -0.15) is 0 Å². The molecule has 1 aromatic heterocycles. The Morgan fingerprint density at radius 1 is 1.36 bits per heavy atom. The van der Waals surface area contributed by atoms with Crippen LogP contribution in [0.25, 0.3) is 0 Å². The SMILES string of the molecule is CCN(Cc1ccc2c(c1)OCCO2)C(=O)NC(C)Cn1ccnc1. The highest BCUT2D eigenvalue weighted by Gasteiger charge is 2.17. The maximum absolute atomic E-state index is 12.5. The minimum absolute atomic E-state index is 0.0102. The minimum atomic E-state index is -0.0787. The maximum Gasteiger partial charge on any atom is 0.317 e. The number of imidazole rings is 1. The van der Waals surface area contributed by atoms with Crippen LogP contribution in [0.15, 0.2) is 36.9 Å². The number of amides is 2. The van der Waals surface area contributed by atoms with Crippen molar-refractivity contribution in [1.29, 1.82) is 0 Å². The van der Waals surface area contributed by atoms with Gasteiger partial charge in [-0.25, -0.2) is 9.78 Å². The molecule has 2 aromatic rings. The van der Waals surface area contributed by atoms with E-state index in [1.807, 2.05) is 42.8 Å². The van der Waals surface area contributed by atoms with Crippen molar-refractivity contribution in [2.45, 2.75) is 33.0 Å². The van der Waals surface area contributed by atoms with Crippen LogP contribution in [0, 0.1) is 0 Å². The minimum Gasteiger partial charge on any atom is -0.486 e. The molecule has 1 atom stereocenters. The van der Waals surface area contributed by atoms with E-state index in [1.165, 1.54) is 0 Å². The van der Waals surface area contributed by atoms with Gasteiger partial charge in [-0.15, -0.1) is 0 Å². The van der Waals surface area contributed by atoms with Gasteiger partial charge < -0.3 is 24.3 Å². The summed E-state index contributed by atoms with van der Waals surface area (Å²) < 4.78 is 13.1. The van der Waals surface area contributed by atoms with Gasteiger partial charge in [-0.1, -0.05) is 6.07 Å². The van der Waals surface area contributed by atoms with Crippen LogP contribution in [0.2, 0.25) is 0 Å². The molecule has 2 amide bonds. The fourth-order valence-corrected chi connectivity index (χ4v) is 2.79. The topological polar surface area (TPSA) is 68.6 Å². The lowest BCUT2D eigenvalue weighted by Crippen LogP contribution is -2.44. The van der Waals surface area contributed by atoms with Crippen LogP contribution in [0.3, 0.4) is 0 Å². The number of carbonyl (C=O) groups is 1. The molecule has 3 rings (SSSR count). The number of aromatic nitrogens is 2. The largest absolute Gasteiger partial charge is 0.486 e. The van der Waals surface area contributed by atoms with Crippen LogP contribution in [0.4, 0.5) is 4.79 Å². The molecule has 0 aliphatic carbocycles. The number of nitrogens with one attached hydrogen (secondary N) is 1. The number of urea groups is 1. The van der Waals surface area contributed by atoms with Crippen LogP contribution >= 0.6 is 0 Å². The van der Waals surface area contributed by atoms with Gasteiger partial charge in [0.1, 0.15) is 13.2 Å². The van der Waals surface area contributed by atoms with Gasteiger partial charge in [-0.3, -0.25) is 0 Å². The lowest BCUT2D eigenvalue weighted by molar-refractivity contribution is 0.171. The highest BCUT2D eigenvalue weighted by molar-refractivity contribution is 5.74. The Balaban J connectivity index is 1.58. The van der Waals surface area contributed by atoms with E-state index in [-0.39, 0.29) is 12.1 Å². The Labute approximate surface area is 147 Å². The Bertz CT molecular complexity index is 702. The van der Waals surface area contributed by atoms with Gasteiger partial charge in [0, 0.05) is 38.1 Å². The smallest absolute Gasteiger partial charge is 0.317 e. The van der Waals surface area contributed by atoms with Crippen LogP contribution < -0.4 is 14.8 Å². The third-order valence-corrected chi connectivity index (χ3v) is 4.06. The molecule has 7 heteroatoms. The summed E-state index contributed by atoms with van der Waals surface area (Å²) in [5, 5.41) is 3.03. The van der Waals surface area contributed by atoms with Crippen molar-refractivity contribution >= 4 is 6.03 Å². The third-order valence-electron chi connectivity index (χ3n) is 4.06. The molecule has 7 nitrogen and oxygen atoms in total. The van der Waals surface area contributed by atoms with Crippen molar-refractivity contribution in [3.8, 4) is 11.5 Å². The first-order valence-electron chi connectivity index (χ1n) is 8.55. The first-order chi connectivity index (χ1) is 12.2. The number of nitrogens with zero attached hydrogens (tertiary/aromatic N) is 3. The molecule has 0 radical (unpaired) electrons. The molecule has 0 saturated carbocycles. The molecule has 1 aromatic carbocycles. The molecule has 1 unspecified atom stereocenters. The average molecular weight is 344 g/mol. The molecular weight excluding hydrogens is 320 g/mol. The van der Waals surface area contributed by atoms with Gasteiger partial charge in [0.2, 0.25) is 0 Å². The second-order valence-corrected chi connectivity index (χ2v) is 6.10. The van der Waals surface area contributed by atoms with Gasteiger partial charge in [0.05, 0.1) is 6.33 Å². The Kier molecular flexibility index (Phi) is 5.42. The van der Waals surface area contributed by atoms with Crippen LogP contribution in [0.1, 0.15) is 19.4 Å². The zero-order chi connectivity index (χ0) is 17.6. The third kappa shape index (κ3) is 4.43. The Morgan fingerprint density at radius 2 is 2.16 bits per heavy atom. The molecule has 1 aliphatic heterocycles. The zero-order valence-corrected chi connectivity index (χ0v) is 14.6. The Morgan fingerprint density at radius 3 is 2.88 bits per heavy atom. The Hall–Kier alpha value is -2.70.